The molecule has 0 aromatic rings. The van der Waals surface area contributed by atoms with Crippen LogP contribution in [0.2, 0.25) is 0 Å². The minimum Gasteiger partial charge on any atom is -0.312 e. The summed E-state index contributed by atoms with van der Waals surface area (Å²) in [7, 11) is 0. The number of hydrogen-bond acceptors (Lipinski definition) is 2. The Morgan fingerprint density at radius 3 is 2.06 bits per heavy atom. The molecule has 0 aromatic heterocycles. The van der Waals surface area contributed by atoms with Crippen LogP contribution in [0.3, 0.4) is 0 Å². The molecule has 1 heterocycles. The summed E-state index contributed by atoms with van der Waals surface area (Å²) in [4.78, 5) is 2.69. The summed E-state index contributed by atoms with van der Waals surface area (Å²) >= 11 is 0. The van der Waals surface area contributed by atoms with Crippen LogP contribution in [0, 0.1) is 5.41 Å². The fourth-order valence-corrected chi connectivity index (χ4v) is 2.72. The summed E-state index contributed by atoms with van der Waals surface area (Å²) in [5.74, 6) is 0. The highest BCUT2D eigenvalue weighted by atomic mass is 15.1. The Balaban J connectivity index is 2.46. The van der Waals surface area contributed by atoms with Crippen molar-refractivity contribution < 1.29 is 0 Å². The van der Waals surface area contributed by atoms with Crippen LogP contribution in [0.25, 0.3) is 0 Å². The van der Waals surface area contributed by atoms with Crippen LogP contribution >= 0.6 is 0 Å². The summed E-state index contributed by atoms with van der Waals surface area (Å²) in [5, 5.41) is 3.75. The maximum atomic E-state index is 3.75. The van der Waals surface area contributed by atoms with E-state index in [1.54, 1.807) is 0 Å². The molecule has 1 rings (SSSR count). The van der Waals surface area contributed by atoms with Crippen LogP contribution in [0.1, 0.15) is 66.2 Å². The largest absolute Gasteiger partial charge is 0.312 e. The van der Waals surface area contributed by atoms with Crippen molar-refractivity contribution in [2.75, 3.05) is 26.2 Å². The predicted molar refractivity (Wildman–Crippen MR) is 81.1 cm³/mol. The van der Waals surface area contributed by atoms with Crippen molar-refractivity contribution in [3.63, 3.8) is 0 Å². The molecule has 0 bridgehead atoms. The molecule has 1 aliphatic heterocycles. The van der Waals surface area contributed by atoms with Gasteiger partial charge in [0.25, 0.3) is 0 Å². The van der Waals surface area contributed by atoms with E-state index >= 15 is 0 Å². The molecule has 0 saturated carbocycles. The van der Waals surface area contributed by atoms with Gasteiger partial charge in [0.2, 0.25) is 0 Å². The highest BCUT2D eigenvalue weighted by molar-refractivity contribution is 4.83. The van der Waals surface area contributed by atoms with E-state index in [0.29, 0.717) is 11.5 Å². The summed E-state index contributed by atoms with van der Waals surface area (Å²) in [6.45, 7) is 14.3. The van der Waals surface area contributed by atoms with E-state index in [-0.39, 0.29) is 0 Å². The monoisotopic (exact) mass is 254 g/mol. The summed E-state index contributed by atoms with van der Waals surface area (Å²) in [5.41, 5.74) is 0.359. The van der Waals surface area contributed by atoms with Crippen LogP contribution < -0.4 is 5.32 Å². The van der Waals surface area contributed by atoms with Gasteiger partial charge in [-0.15, -0.1) is 0 Å². The first-order valence-electron chi connectivity index (χ1n) is 7.99. The Morgan fingerprint density at radius 2 is 1.56 bits per heavy atom. The Hall–Kier alpha value is -0.0800. The van der Waals surface area contributed by atoms with E-state index in [2.05, 4.69) is 37.9 Å². The first kappa shape index (κ1) is 16.0. The van der Waals surface area contributed by atoms with Crippen molar-refractivity contribution in [3.05, 3.63) is 0 Å². The molecule has 1 aliphatic rings. The van der Waals surface area contributed by atoms with Crippen molar-refractivity contribution in [3.8, 4) is 0 Å². The van der Waals surface area contributed by atoms with Gasteiger partial charge in [-0.1, -0.05) is 47.0 Å². The lowest BCUT2D eigenvalue weighted by atomic mass is 9.86. The third-order valence-electron chi connectivity index (χ3n) is 4.08. The molecule has 0 amide bonds. The predicted octanol–water partition coefficient (Wildman–Crippen LogP) is 3.67. The lowest BCUT2D eigenvalue weighted by Gasteiger charge is -2.37. The second-order valence-corrected chi connectivity index (χ2v) is 6.94. The van der Waals surface area contributed by atoms with Crippen molar-refractivity contribution in [1.29, 1.82) is 0 Å². The summed E-state index contributed by atoms with van der Waals surface area (Å²) < 4.78 is 0. The number of likely N-dealkylation sites (tertiary alicyclic amines) is 1. The smallest absolute Gasteiger partial charge is 0.0243 e. The molecule has 1 saturated heterocycles. The standard InChI is InChI=1S/C16H34N2/c1-5-11-17-15(16(2,3)4)14-18-12-9-7-6-8-10-13-18/h15,17H,5-14H2,1-4H3. The van der Waals surface area contributed by atoms with Gasteiger partial charge in [-0.2, -0.15) is 0 Å². The van der Waals surface area contributed by atoms with Crippen LogP contribution in [-0.4, -0.2) is 37.1 Å². The molecule has 0 aromatic carbocycles. The maximum absolute atomic E-state index is 3.75. The van der Waals surface area contributed by atoms with Crippen molar-refractivity contribution in [2.24, 2.45) is 5.41 Å². The van der Waals surface area contributed by atoms with Gasteiger partial charge in [0.1, 0.15) is 0 Å². The molecule has 2 heteroatoms. The molecule has 1 atom stereocenters. The van der Waals surface area contributed by atoms with E-state index in [1.807, 2.05) is 0 Å². The number of nitrogens with one attached hydrogen (secondary N) is 1. The molecule has 18 heavy (non-hydrogen) atoms. The lowest BCUT2D eigenvalue weighted by molar-refractivity contribution is 0.163. The van der Waals surface area contributed by atoms with Crippen molar-refractivity contribution in [2.45, 2.75) is 72.3 Å². The van der Waals surface area contributed by atoms with Crippen LogP contribution in [0.15, 0.2) is 0 Å². The highest BCUT2D eigenvalue weighted by Crippen LogP contribution is 2.21. The number of nitrogens with zero attached hydrogens (tertiary/aromatic N) is 1. The van der Waals surface area contributed by atoms with Crippen LogP contribution in [-0.2, 0) is 0 Å². The van der Waals surface area contributed by atoms with Gasteiger partial charge >= 0.3 is 0 Å². The van der Waals surface area contributed by atoms with E-state index in [1.165, 1.54) is 58.2 Å². The van der Waals surface area contributed by atoms with Gasteiger partial charge in [0.05, 0.1) is 0 Å². The Morgan fingerprint density at radius 1 is 1.00 bits per heavy atom. The lowest BCUT2D eigenvalue weighted by Crippen LogP contribution is -2.49. The normalized spacial score (nSPS) is 21.3. The van der Waals surface area contributed by atoms with Gasteiger partial charge in [-0.25, -0.2) is 0 Å². The fraction of sp³-hybridized carbons (Fsp3) is 1.00. The average Bonchev–Trinajstić information content (AvgIpc) is 2.24. The molecule has 0 radical (unpaired) electrons. The molecule has 1 N–H and O–H groups in total. The second kappa shape index (κ2) is 8.16. The first-order valence-corrected chi connectivity index (χ1v) is 7.99. The topological polar surface area (TPSA) is 15.3 Å². The van der Waals surface area contributed by atoms with Gasteiger partial charge in [0.15, 0.2) is 0 Å². The molecule has 1 fully saturated rings. The SMILES string of the molecule is CCCNC(CN1CCCCCCC1)C(C)(C)C. The quantitative estimate of drug-likeness (QED) is 0.805. The zero-order valence-corrected chi connectivity index (χ0v) is 13.1. The van der Waals surface area contributed by atoms with E-state index in [9.17, 15) is 0 Å². The molecule has 2 nitrogen and oxygen atoms in total. The maximum Gasteiger partial charge on any atom is 0.0243 e. The van der Waals surface area contributed by atoms with Gasteiger partial charge in [0, 0.05) is 12.6 Å². The Kier molecular flexibility index (Phi) is 7.25. The second-order valence-electron chi connectivity index (χ2n) is 6.94. The van der Waals surface area contributed by atoms with Crippen LogP contribution in [0.5, 0.6) is 0 Å². The summed E-state index contributed by atoms with van der Waals surface area (Å²) in [6.07, 6.45) is 8.32. The van der Waals surface area contributed by atoms with Gasteiger partial charge in [-0.3, -0.25) is 0 Å². The Labute approximate surface area is 115 Å². The third-order valence-corrected chi connectivity index (χ3v) is 4.08. The molecular weight excluding hydrogens is 220 g/mol. The number of rotatable bonds is 5. The fourth-order valence-electron chi connectivity index (χ4n) is 2.72. The molecule has 1 unspecified atom stereocenters. The van der Waals surface area contributed by atoms with Crippen LogP contribution in [0.4, 0.5) is 0 Å². The molecule has 108 valence electrons. The van der Waals surface area contributed by atoms with Crippen molar-refractivity contribution >= 4 is 0 Å². The van der Waals surface area contributed by atoms with E-state index in [0.717, 1.165) is 6.54 Å². The number of hydrogen-bond donors (Lipinski definition) is 1. The van der Waals surface area contributed by atoms with E-state index < -0.39 is 0 Å². The molecular formula is C16H34N2. The third kappa shape index (κ3) is 6.19. The first-order chi connectivity index (χ1) is 8.54. The zero-order valence-electron chi connectivity index (χ0n) is 13.1. The summed E-state index contributed by atoms with van der Waals surface area (Å²) in [6, 6.07) is 0.622. The van der Waals surface area contributed by atoms with Gasteiger partial charge < -0.3 is 10.2 Å². The highest BCUT2D eigenvalue weighted by Gasteiger charge is 2.26. The molecule has 0 aliphatic carbocycles. The zero-order chi connectivity index (χ0) is 13.4. The average molecular weight is 254 g/mol. The minimum atomic E-state index is 0.359. The minimum absolute atomic E-state index is 0.359. The van der Waals surface area contributed by atoms with E-state index in [4.69, 9.17) is 0 Å². The van der Waals surface area contributed by atoms with Gasteiger partial charge in [-0.05, 0) is 44.3 Å². The molecule has 0 spiro atoms. The van der Waals surface area contributed by atoms with Crippen molar-refractivity contribution in [1.82, 2.24) is 10.2 Å². The Bertz CT molecular complexity index is 200.